The SMILES string of the molecule is NS(=O)(=O)c1cc(C(=O)Cl)ccc1Cl.NS(=O)(=O)c1cc(C(=O)O)ccc1Cl.NS(=O)(=O)c1cc(C(=O)c2ccccc2)ccc1Cl.O=S(Cl)Cl.[Cl][Al]([Cl])[Cl].c1ccccc1. The zero-order valence-corrected chi connectivity index (χ0v) is 41.1. The predicted octanol–water partition coefficient (Wildman–Crippen LogP) is 8.69. The van der Waals surface area contributed by atoms with Crippen molar-refractivity contribution in [2.24, 2.45) is 15.4 Å². The number of carboxylic acids is 1. The normalized spacial score (nSPS) is 10.5. The van der Waals surface area contributed by atoms with Gasteiger partial charge in [0.25, 0.3) is 5.24 Å². The molecule has 61 heavy (non-hydrogen) atoms. The number of halogens is 9. The Bertz CT molecular complexity index is 2500. The first-order valence-electron chi connectivity index (χ1n) is 15.2. The molecule has 0 aromatic heterocycles. The van der Waals surface area contributed by atoms with E-state index < -0.39 is 61.9 Å². The van der Waals surface area contributed by atoms with Crippen LogP contribution < -0.4 is 15.4 Å². The van der Waals surface area contributed by atoms with Crippen molar-refractivity contribution < 1.29 is 49.0 Å². The molecule has 0 saturated heterocycles. The number of sulfonamides is 3. The molecule has 5 rings (SSSR count). The van der Waals surface area contributed by atoms with Gasteiger partial charge in [-0.3, -0.25) is 9.59 Å². The molecule has 0 amide bonds. The predicted molar refractivity (Wildman–Crippen MR) is 245 cm³/mol. The third kappa shape index (κ3) is 25.1. The Morgan fingerprint density at radius 2 is 0.770 bits per heavy atom. The highest BCUT2D eigenvalue weighted by atomic mass is 36.0. The molecule has 0 aliphatic rings. The van der Waals surface area contributed by atoms with Crippen molar-refractivity contribution >= 4 is 166 Å². The lowest BCUT2D eigenvalue weighted by molar-refractivity contribution is 0.0696. The molecular weight excluding hydrogens is 1090 g/mol. The van der Waals surface area contributed by atoms with E-state index in [9.17, 15) is 39.6 Å². The Balaban J connectivity index is 0.000000772. The number of nitrogens with two attached hydrogens (primary N) is 3. The van der Waals surface area contributed by atoms with Gasteiger partial charge in [0.05, 0.1) is 20.6 Å². The van der Waals surface area contributed by atoms with Gasteiger partial charge in [-0.05, 0) is 66.2 Å². The van der Waals surface area contributed by atoms with Crippen LogP contribution in [-0.4, -0.2) is 62.9 Å². The molecule has 0 aliphatic heterocycles. The molecule has 14 nitrogen and oxygen atoms in total. The van der Waals surface area contributed by atoms with E-state index in [1.165, 1.54) is 42.5 Å². The molecule has 0 radical (unpaired) electrons. The Hall–Kier alpha value is -2.07. The maximum absolute atomic E-state index is 12.2. The number of hydrogen-bond donors (Lipinski definition) is 4. The number of ketones is 1. The molecule has 5 aromatic rings. The number of aromatic carboxylic acids is 1. The van der Waals surface area contributed by atoms with Gasteiger partial charge < -0.3 is 5.11 Å². The van der Waals surface area contributed by atoms with Crippen LogP contribution >= 0.6 is 97.9 Å². The first-order valence-corrected chi connectivity index (χ1v) is 29.4. The van der Waals surface area contributed by atoms with Crippen LogP contribution in [0.2, 0.25) is 15.1 Å². The number of primary sulfonamides is 3. The Kier molecular flexibility index (Phi) is 27.7. The molecule has 0 saturated carbocycles. The average molecular weight is 1120 g/mol. The van der Waals surface area contributed by atoms with E-state index in [1.54, 1.807) is 30.3 Å². The summed E-state index contributed by atoms with van der Waals surface area (Å²) in [6.07, 6.45) is 0. The molecule has 0 unspecified atom stereocenters. The smallest absolute Gasteiger partial charge is 0.478 e. The zero-order chi connectivity index (χ0) is 47.3. The third-order valence-corrected chi connectivity index (χ3v) is 10.5. The van der Waals surface area contributed by atoms with Crippen molar-refractivity contribution in [3.05, 3.63) is 159 Å². The van der Waals surface area contributed by atoms with E-state index in [1.807, 2.05) is 36.4 Å². The standard InChI is InChI=1S/C13H10ClNO3S.C7H5Cl2NO3S.C7H6ClNO4S.C6H6.Al.Cl2OS.3ClH/c14-11-7-6-10(8-12(11)19(15,17)18)13(16)9-4-2-1-3-5-9;8-5-2-1-4(7(9)11)3-6(5)14(10,12)13;8-5-2-1-4(7(10)11)3-6(5)14(9,12)13;1-2-4-6-5-3-1;;1-4(2)3;;;/h1-8H,(H2,15,17,18);1-3H,(H2,10,12,13);1-3H,(H,10,11)(H2,9,12,13);1-6H;;;3*1H/q;;;;+3;;;;/p-3. The second-order valence-electron chi connectivity index (χ2n) is 10.4. The van der Waals surface area contributed by atoms with Crippen LogP contribution in [0.3, 0.4) is 0 Å². The number of hydrogen-bond acceptors (Lipinski definition) is 10. The average Bonchev–Trinajstić information content (AvgIpc) is 3.15. The molecule has 0 fully saturated rings. The highest BCUT2D eigenvalue weighted by Gasteiger charge is 2.18. The number of rotatable bonds is 7. The van der Waals surface area contributed by atoms with Crippen LogP contribution in [0, 0.1) is 0 Å². The van der Waals surface area contributed by atoms with E-state index in [4.69, 9.17) is 101 Å². The minimum absolute atomic E-state index is 0.00730. The van der Waals surface area contributed by atoms with E-state index in [0.717, 1.165) is 12.1 Å². The van der Waals surface area contributed by atoms with Gasteiger partial charge >= 0.3 is 17.4 Å². The minimum atomic E-state index is -3.98. The third-order valence-electron chi connectivity index (χ3n) is 6.15. The molecule has 0 atom stereocenters. The van der Waals surface area contributed by atoms with Crippen LogP contribution in [0.4, 0.5) is 0 Å². The second kappa shape index (κ2) is 28.7. The Morgan fingerprint density at radius 1 is 0.508 bits per heavy atom. The van der Waals surface area contributed by atoms with E-state index >= 15 is 0 Å². The molecular formula is C33H27AlCl9N3O11S4. The molecule has 0 spiro atoms. The summed E-state index contributed by atoms with van der Waals surface area (Å²) in [5, 5.41) is 22.4. The van der Waals surface area contributed by atoms with E-state index in [0.29, 0.717) is 5.56 Å². The highest BCUT2D eigenvalue weighted by Crippen LogP contribution is 2.24. The second-order valence-corrected chi connectivity index (χ2v) is 25.5. The number of carbonyl (C=O) groups is 3. The fourth-order valence-electron chi connectivity index (χ4n) is 3.70. The van der Waals surface area contributed by atoms with E-state index in [2.05, 4.69) is 21.4 Å². The lowest BCUT2D eigenvalue weighted by Gasteiger charge is -2.05. The molecule has 0 bridgehead atoms. The highest BCUT2D eigenvalue weighted by molar-refractivity contribution is 8.26. The zero-order valence-electron chi connectivity index (χ0n) is 29.9. The van der Waals surface area contributed by atoms with Crippen molar-refractivity contribution in [2.75, 3.05) is 0 Å². The van der Waals surface area contributed by atoms with Gasteiger partial charge in [0, 0.05) is 38.1 Å². The Labute approximate surface area is 399 Å². The molecule has 7 N–H and O–H groups in total. The lowest BCUT2D eigenvalue weighted by atomic mass is 10.0. The summed E-state index contributed by atoms with van der Waals surface area (Å²) in [7, 11) is 10.3. The first-order chi connectivity index (χ1) is 28.0. The summed E-state index contributed by atoms with van der Waals surface area (Å²) in [5.74, 6) is -1.53. The number of carbonyl (C=O) groups excluding carboxylic acids is 2. The van der Waals surface area contributed by atoms with Crippen LogP contribution in [0.1, 0.15) is 36.6 Å². The minimum Gasteiger partial charge on any atom is -0.478 e. The topological polar surface area (TPSA) is 269 Å². The van der Waals surface area contributed by atoms with Gasteiger partial charge in [0.2, 0.25) is 39.3 Å². The van der Waals surface area contributed by atoms with Gasteiger partial charge in [-0.15, -0.1) is 0 Å². The van der Waals surface area contributed by atoms with Gasteiger partial charge in [0.1, 0.15) is 14.7 Å². The summed E-state index contributed by atoms with van der Waals surface area (Å²) in [6, 6.07) is 31.4. The van der Waals surface area contributed by atoms with Crippen molar-refractivity contribution in [1.29, 1.82) is 0 Å². The van der Waals surface area contributed by atoms with Crippen LogP contribution in [0.5, 0.6) is 0 Å². The first kappa shape index (κ1) is 58.9. The molecule has 0 aliphatic carbocycles. The van der Waals surface area contributed by atoms with Crippen molar-refractivity contribution in [1.82, 2.24) is 0 Å². The quantitative estimate of drug-likeness (QED) is 0.0680. The summed E-state index contributed by atoms with van der Waals surface area (Å²) in [5.41, 5.74) is 0.531. The maximum atomic E-state index is 12.2. The molecule has 5 aromatic carbocycles. The molecule has 0 heterocycles. The van der Waals surface area contributed by atoms with Crippen LogP contribution in [0.15, 0.2) is 136 Å². The van der Waals surface area contributed by atoms with Gasteiger partial charge in [-0.2, -0.15) is 0 Å². The van der Waals surface area contributed by atoms with Crippen LogP contribution in [0.25, 0.3) is 0 Å². The van der Waals surface area contributed by atoms with Gasteiger partial charge in [-0.1, -0.05) is 102 Å². The fraction of sp³-hybridized carbons (Fsp3) is 0. The number of benzene rings is 5. The van der Waals surface area contributed by atoms with Crippen molar-refractivity contribution in [3.63, 3.8) is 0 Å². The van der Waals surface area contributed by atoms with Gasteiger partial charge in [-0.25, -0.2) is 79.8 Å². The summed E-state index contributed by atoms with van der Waals surface area (Å²) in [6.45, 7) is 0. The Morgan fingerprint density at radius 3 is 1.07 bits per heavy atom. The van der Waals surface area contributed by atoms with Gasteiger partial charge in [0.15, 0.2) is 5.78 Å². The van der Waals surface area contributed by atoms with Crippen LogP contribution in [-0.2, 0) is 39.3 Å². The molecule has 28 heteroatoms. The monoisotopic (exact) mass is 1110 g/mol. The summed E-state index contributed by atoms with van der Waals surface area (Å²) in [4.78, 5) is 32.4. The summed E-state index contributed by atoms with van der Waals surface area (Å²) < 4.78 is 75.6. The lowest BCUT2D eigenvalue weighted by Crippen LogP contribution is -2.14. The van der Waals surface area contributed by atoms with E-state index in [-0.39, 0.29) is 52.2 Å². The fourth-order valence-corrected chi connectivity index (χ4v) is 7.03. The summed E-state index contributed by atoms with van der Waals surface area (Å²) >= 11 is 20.3. The van der Waals surface area contributed by atoms with Crippen molar-refractivity contribution in [3.8, 4) is 0 Å². The maximum Gasteiger partial charge on any atom is 0.643 e. The largest absolute Gasteiger partial charge is 0.643 e. The number of carboxylic acid groups (broad SMARTS) is 1. The molecule has 330 valence electrons. The van der Waals surface area contributed by atoms with Crippen molar-refractivity contribution in [2.45, 2.75) is 14.7 Å².